The van der Waals surface area contributed by atoms with Gasteiger partial charge in [-0.1, -0.05) is 11.6 Å². The number of aromatic amines is 1. The Bertz CT molecular complexity index is 846. The molecule has 0 bridgehead atoms. The molecule has 0 amide bonds. The summed E-state index contributed by atoms with van der Waals surface area (Å²) in [6.07, 6.45) is 3.88. The van der Waals surface area contributed by atoms with Crippen molar-refractivity contribution in [2.45, 2.75) is 16.3 Å². The second-order valence-corrected chi connectivity index (χ2v) is 8.42. The number of imidazole rings is 1. The molecule has 0 spiro atoms. The summed E-state index contributed by atoms with van der Waals surface area (Å²) in [5, 5.41) is -0.0560. The Kier molecular flexibility index (Phi) is 4.38. The molecule has 0 aliphatic rings. The quantitative estimate of drug-likeness (QED) is 0.835. The lowest BCUT2D eigenvalue weighted by atomic mass is 10.4. The van der Waals surface area contributed by atoms with Crippen molar-refractivity contribution in [3.63, 3.8) is 0 Å². The molecular formula is C11H12ClN3O4S2. The van der Waals surface area contributed by atoms with Gasteiger partial charge in [0, 0.05) is 18.1 Å². The molecule has 1 aromatic heterocycles. The van der Waals surface area contributed by atoms with Crippen LogP contribution in [0.1, 0.15) is 5.69 Å². The van der Waals surface area contributed by atoms with Crippen LogP contribution in [0.15, 0.2) is 40.5 Å². The van der Waals surface area contributed by atoms with Crippen molar-refractivity contribution in [1.29, 1.82) is 0 Å². The van der Waals surface area contributed by atoms with Gasteiger partial charge in [0.15, 0.2) is 9.84 Å². The van der Waals surface area contributed by atoms with Crippen LogP contribution >= 0.6 is 11.6 Å². The topological polar surface area (TPSA) is 109 Å². The first-order valence-corrected chi connectivity index (χ1v) is 9.42. The Labute approximate surface area is 127 Å². The monoisotopic (exact) mass is 349 g/mol. The zero-order valence-corrected chi connectivity index (χ0v) is 13.3. The van der Waals surface area contributed by atoms with Crippen molar-refractivity contribution >= 4 is 31.5 Å². The fourth-order valence-corrected chi connectivity index (χ4v) is 3.80. The van der Waals surface area contributed by atoms with E-state index < -0.39 is 19.9 Å². The highest BCUT2D eigenvalue weighted by molar-refractivity contribution is 7.91. The van der Waals surface area contributed by atoms with Crippen LogP contribution in [0.4, 0.5) is 0 Å². The molecule has 0 atom stereocenters. The third-order valence-electron chi connectivity index (χ3n) is 2.63. The number of aromatic nitrogens is 2. The van der Waals surface area contributed by atoms with Crippen LogP contribution in [0.3, 0.4) is 0 Å². The zero-order chi connectivity index (χ0) is 15.7. The molecule has 7 nitrogen and oxygen atoms in total. The number of H-pyrrole nitrogens is 1. The number of nitrogens with zero attached hydrogens (tertiary/aromatic N) is 1. The Hall–Kier alpha value is -1.42. The van der Waals surface area contributed by atoms with Gasteiger partial charge < -0.3 is 4.98 Å². The predicted molar refractivity (Wildman–Crippen MR) is 77.2 cm³/mol. The average Bonchev–Trinajstić information content (AvgIpc) is 2.88. The number of hydrogen-bond acceptors (Lipinski definition) is 5. The summed E-state index contributed by atoms with van der Waals surface area (Å²) in [6.45, 7) is -0.0121. The Morgan fingerprint density at radius 1 is 1.29 bits per heavy atom. The number of nitrogens with one attached hydrogen (secondary N) is 2. The van der Waals surface area contributed by atoms with Crippen molar-refractivity contribution < 1.29 is 16.8 Å². The van der Waals surface area contributed by atoms with Gasteiger partial charge in [-0.25, -0.2) is 26.5 Å². The maximum absolute atomic E-state index is 12.2. The minimum Gasteiger partial charge on any atom is -0.347 e. The largest absolute Gasteiger partial charge is 0.347 e. The van der Waals surface area contributed by atoms with Crippen LogP contribution in [0.2, 0.25) is 5.02 Å². The van der Waals surface area contributed by atoms with Crippen LogP contribution in [0.25, 0.3) is 0 Å². The first kappa shape index (κ1) is 16.0. The van der Waals surface area contributed by atoms with Crippen LogP contribution in [0.5, 0.6) is 0 Å². The van der Waals surface area contributed by atoms with Gasteiger partial charge in [-0.2, -0.15) is 0 Å². The van der Waals surface area contributed by atoms with Crippen molar-refractivity contribution in [2.75, 3.05) is 6.26 Å². The van der Waals surface area contributed by atoms with Gasteiger partial charge in [-0.05, 0) is 18.2 Å². The second kappa shape index (κ2) is 5.76. The lowest BCUT2D eigenvalue weighted by Gasteiger charge is -2.09. The second-order valence-electron chi connectivity index (χ2n) is 4.27. The normalized spacial score (nSPS) is 12.5. The summed E-state index contributed by atoms with van der Waals surface area (Å²) in [6, 6.07) is 3.53. The fourth-order valence-electron chi connectivity index (χ4n) is 1.55. The molecule has 2 N–H and O–H groups in total. The summed E-state index contributed by atoms with van der Waals surface area (Å²) in [5.41, 5.74) is 0.564. The van der Waals surface area contributed by atoms with Crippen LogP contribution in [-0.4, -0.2) is 33.1 Å². The zero-order valence-electron chi connectivity index (χ0n) is 10.9. The van der Waals surface area contributed by atoms with Crippen LogP contribution < -0.4 is 4.72 Å². The van der Waals surface area contributed by atoms with E-state index in [1.54, 1.807) is 0 Å². The van der Waals surface area contributed by atoms with E-state index in [4.69, 9.17) is 11.6 Å². The molecule has 114 valence electrons. The highest BCUT2D eigenvalue weighted by Crippen LogP contribution is 2.24. The summed E-state index contributed by atoms with van der Waals surface area (Å²) in [4.78, 5) is 6.11. The molecule has 0 fully saturated rings. The molecular weight excluding hydrogens is 338 g/mol. The summed E-state index contributed by atoms with van der Waals surface area (Å²) < 4.78 is 49.7. The van der Waals surface area contributed by atoms with E-state index in [0.717, 1.165) is 12.3 Å². The SMILES string of the molecule is CS(=O)(=O)c1ccc(Cl)c(S(=O)(=O)NCc2cnc[nH]2)c1. The smallest absolute Gasteiger partial charge is 0.242 e. The predicted octanol–water partition coefficient (Wildman–Crippen LogP) is 0.945. The van der Waals surface area contributed by atoms with E-state index in [-0.39, 0.29) is 21.4 Å². The molecule has 0 saturated carbocycles. The van der Waals surface area contributed by atoms with Crippen molar-refractivity contribution in [2.24, 2.45) is 0 Å². The highest BCUT2D eigenvalue weighted by atomic mass is 35.5. The van der Waals surface area contributed by atoms with E-state index in [1.165, 1.54) is 24.7 Å². The molecule has 0 aliphatic heterocycles. The molecule has 0 unspecified atom stereocenters. The van der Waals surface area contributed by atoms with E-state index in [1.807, 2.05) is 0 Å². The number of benzene rings is 1. The van der Waals surface area contributed by atoms with Gasteiger partial charge in [0.25, 0.3) is 0 Å². The molecule has 10 heteroatoms. The lowest BCUT2D eigenvalue weighted by Crippen LogP contribution is -2.24. The van der Waals surface area contributed by atoms with Gasteiger partial charge >= 0.3 is 0 Å². The number of rotatable bonds is 5. The van der Waals surface area contributed by atoms with Crippen molar-refractivity contribution in [1.82, 2.24) is 14.7 Å². The molecule has 21 heavy (non-hydrogen) atoms. The van der Waals surface area contributed by atoms with Gasteiger partial charge in [0.05, 0.1) is 22.8 Å². The number of hydrogen-bond donors (Lipinski definition) is 2. The standard InChI is InChI=1S/C11H12ClN3O4S2/c1-20(16,17)9-2-3-10(12)11(4-9)21(18,19)15-6-8-5-13-7-14-8/h2-5,7,15H,6H2,1H3,(H,13,14). The fraction of sp³-hybridized carbons (Fsp3) is 0.182. The summed E-state index contributed by atoms with van der Waals surface area (Å²) in [7, 11) is -7.47. The number of sulfonamides is 1. The third-order valence-corrected chi connectivity index (χ3v) is 5.62. The first-order valence-electron chi connectivity index (χ1n) is 5.67. The molecule has 2 rings (SSSR count). The van der Waals surface area contributed by atoms with Crippen molar-refractivity contribution in [3.8, 4) is 0 Å². The Balaban J connectivity index is 2.35. The van der Waals surface area contributed by atoms with E-state index in [2.05, 4.69) is 14.7 Å². The van der Waals surface area contributed by atoms with Gasteiger partial charge in [0.1, 0.15) is 4.90 Å². The molecule has 0 saturated heterocycles. The minimum atomic E-state index is -3.94. The minimum absolute atomic E-state index is 0.0121. The maximum Gasteiger partial charge on any atom is 0.242 e. The van der Waals surface area contributed by atoms with Crippen LogP contribution in [0, 0.1) is 0 Å². The van der Waals surface area contributed by atoms with Gasteiger partial charge in [-0.3, -0.25) is 0 Å². The number of halogens is 1. The third kappa shape index (κ3) is 3.82. The first-order chi connectivity index (χ1) is 9.70. The maximum atomic E-state index is 12.2. The van der Waals surface area contributed by atoms with Crippen molar-refractivity contribution in [3.05, 3.63) is 41.4 Å². The Morgan fingerprint density at radius 3 is 2.57 bits per heavy atom. The molecule has 2 aromatic rings. The van der Waals surface area contributed by atoms with E-state index >= 15 is 0 Å². The van der Waals surface area contributed by atoms with E-state index in [0.29, 0.717) is 5.69 Å². The molecule has 0 aliphatic carbocycles. The summed E-state index contributed by atoms with van der Waals surface area (Å²) >= 11 is 5.86. The molecule has 1 heterocycles. The molecule has 1 aromatic carbocycles. The Morgan fingerprint density at radius 2 is 2.00 bits per heavy atom. The van der Waals surface area contributed by atoms with Gasteiger partial charge in [-0.15, -0.1) is 0 Å². The number of sulfone groups is 1. The van der Waals surface area contributed by atoms with Crippen LogP contribution in [-0.2, 0) is 26.4 Å². The highest BCUT2D eigenvalue weighted by Gasteiger charge is 2.20. The summed E-state index contributed by atoms with van der Waals surface area (Å²) in [5.74, 6) is 0. The average molecular weight is 350 g/mol. The lowest BCUT2D eigenvalue weighted by molar-refractivity contribution is 0.580. The molecule has 0 radical (unpaired) electrons. The van der Waals surface area contributed by atoms with E-state index in [9.17, 15) is 16.8 Å². The van der Waals surface area contributed by atoms with Gasteiger partial charge in [0.2, 0.25) is 10.0 Å².